The summed E-state index contributed by atoms with van der Waals surface area (Å²) in [7, 11) is -3.36. The summed E-state index contributed by atoms with van der Waals surface area (Å²) in [4.78, 5) is 7.40. The summed E-state index contributed by atoms with van der Waals surface area (Å²) in [6.45, 7) is 1.20. The maximum atomic E-state index is 12.0. The quantitative estimate of drug-likeness (QED) is 0.809. The molecule has 0 bridgehead atoms. The Morgan fingerprint density at radius 1 is 1.44 bits per heavy atom. The first-order chi connectivity index (χ1) is 7.10. The number of halogens is 2. The number of rotatable bonds is 2. The first-order valence-corrected chi connectivity index (χ1v) is 6.45. The highest BCUT2D eigenvalue weighted by Crippen LogP contribution is 2.19. The molecule has 90 valence electrons. The molecule has 1 fully saturated rings. The predicted octanol–water partition coefficient (Wildman–Crippen LogP) is 0.687. The van der Waals surface area contributed by atoms with Gasteiger partial charge >= 0.3 is 0 Å². The van der Waals surface area contributed by atoms with Gasteiger partial charge in [-0.15, -0.1) is 12.4 Å². The fourth-order valence-electron chi connectivity index (χ4n) is 1.54. The molecule has 0 aliphatic carbocycles. The number of hydrogen-bond donors (Lipinski definition) is 1. The average Bonchev–Trinajstić information content (AvgIpc) is 2.71. The van der Waals surface area contributed by atoms with Crippen LogP contribution < -0.4 is 5.32 Å². The summed E-state index contributed by atoms with van der Waals surface area (Å²) in [5.74, 6) is 0. The van der Waals surface area contributed by atoms with E-state index in [1.165, 1.54) is 6.07 Å². The molecular formula is C8H11Cl2N3O2S. The molecule has 1 aromatic heterocycles. The Kier molecular flexibility index (Phi) is 4.49. The van der Waals surface area contributed by atoms with Crippen molar-refractivity contribution >= 4 is 33.8 Å². The lowest BCUT2D eigenvalue weighted by Gasteiger charge is -2.08. The Bertz CT molecular complexity index is 460. The van der Waals surface area contributed by atoms with E-state index in [2.05, 4.69) is 15.3 Å². The fraction of sp³-hybridized carbons (Fsp3) is 0.500. The average molecular weight is 284 g/mol. The van der Waals surface area contributed by atoms with Crippen LogP contribution >= 0.6 is 24.0 Å². The lowest BCUT2D eigenvalue weighted by atomic mass is 10.4. The van der Waals surface area contributed by atoms with Crippen molar-refractivity contribution in [2.75, 3.05) is 13.1 Å². The van der Waals surface area contributed by atoms with Gasteiger partial charge in [-0.25, -0.2) is 18.4 Å². The standard InChI is InChI=1S/C8H10ClN3O2S.ClH/c9-7-3-8(12-5-11-7)15(13,14)6-1-2-10-4-6;/h3,5-6,10H,1-2,4H2;1H/t6-;/m0./s1. The van der Waals surface area contributed by atoms with E-state index in [0.717, 1.165) is 12.9 Å². The molecule has 0 unspecified atom stereocenters. The molecule has 2 heterocycles. The first kappa shape index (κ1) is 13.6. The van der Waals surface area contributed by atoms with Gasteiger partial charge < -0.3 is 5.32 Å². The summed E-state index contributed by atoms with van der Waals surface area (Å²) >= 11 is 5.63. The summed E-state index contributed by atoms with van der Waals surface area (Å²) < 4.78 is 24.0. The van der Waals surface area contributed by atoms with Gasteiger partial charge in [0.1, 0.15) is 11.5 Å². The Morgan fingerprint density at radius 2 is 2.19 bits per heavy atom. The van der Waals surface area contributed by atoms with Crippen LogP contribution in [0.15, 0.2) is 17.4 Å². The molecule has 5 nitrogen and oxygen atoms in total. The van der Waals surface area contributed by atoms with E-state index in [-0.39, 0.29) is 22.6 Å². The molecule has 0 amide bonds. The second-order valence-corrected chi connectivity index (χ2v) is 5.90. The third-order valence-electron chi connectivity index (χ3n) is 2.35. The van der Waals surface area contributed by atoms with Crippen LogP contribution in [-0.2, 0) is 9.84 Å². The van der Waals surface area contributed by atoms with Crippen molar-refractivity contribution < 1.29 is 8.42 Å². The zero-order chi connectivity index (χ0) is 10.9. The fourth-order valence-corrected chi connectivity index (χ4v) is 3.33. The van der Waals surface area contributed by atoms with Gasteiger partial charge in [0.05, 0.1) is 5.25 Å². The maximum absolute atomic E-state index is 12.0. The van der Waals surface area contributed by atoms with Crippen LogP contribution in [0.5, 0.6) is 0 Å². The van der Waals surface area contributed by atoms with Gasteiger partial charge in [-0.05, 0) is 13.0 Å². The van der Waals surface area contributed by atoms with E-state index in [0.29, 0.717) is 13.0 Å². The number of aromatic nitrogens is 2. The van der Waals surface area contributed by atoms with E-state index in [1.807, 2.05) is 0 Å². The molecule has 8 heteroatoms. The molecule has 1 aromatic rings. The molecule has 0 aromatic carbocycles. The second kappa shape index (κ2) is 5.27. The Labute approximate surface area is 105 Å². The van der Waals surface area contributed by atoms with Crippen LogP contribution in [0.4, 0.5) is 0 Å². The van der Waals surface area contributed by atoms with E-state index >= 15 is 0 Å². The minimum atomic E-state index is -3.36. The van der Waals surface area contributed by atoms with E-state index < -0.39 is 15.1 Å². The smallest absolute Gasteiger partial charge is 0.199 e. The van der Waals surface area contributed by atoms with Crippen molar-refractivity contribution in [3.63, 3.8) is 0 Å². The van der Waals surface area contributed by atoms with Gasteiger partial charge in [0.25, 0.3) is 0 Å². The van der Waals surface area contributed by atoms with E-state index in [9.17, 15) is 8.42 Å². The summed E-state index contributed by atoms with van der Waals surface area (Å²) in [6.07, 6.45) is 1.78. The van der Waals surface area contributed by atoms with Crippen LogP contribution in [0, 0.1) is 0 Å². The second-order valence-electron chi connectivity index (χ2n) is 3.34. The van der Waals surface area contributed by atoms with Crippen LogP contribution in [0.2, 0.25) is 5.15 Å². The van der Waals surface area contributed by atoms with Gasteiger partial charge in [-0.1, -0.05) is 11.6 Å². The monoisotopic (exact) mass is 283 g/mol. The SMILES string of the molecule is Cl.O=S(=O)(c1cc(Cl)ncn1)[C@H]1CCNC1. The molecule has 1 aliphatic heterocycles. The van der Waals surface area contributed by atoms with E-state index in [1.54, 1.807) is 0 Å². The minimum absolute atomic E-state index is 0. The highest BCUT2D eigenvalue weighted by Gasteiger charge is 2.31. The van der Waals surface area contributed by atoms with Gasteiger partial charge in [-0.3, -0.25) is 0 Å². The minimum Gasteiger partial charge on any atom is -0.315 e. The van der Waals surface area contributed by atoms with Gasteiger partial charge in [-0.2, -0.15) is 0 Å². The van der Waals surface area contributed by atoms with Crippen LogP contribution in [-0.4, -0.2) is 36.7 Å². The molecule has 16 heavy (non-hydrogen) atoms. The normalized spacial score (nSPS) is 20.4. The van der Waals surface area contributed by atoms with Crippen LogP contribution in [0.1, 0.15) is 6.42 Å². The lowest BCUT2D eigenvalue weighted by molar-refractivity contribution is 0.578. The molecule has 0 spiro atoms. The zero-order valence-corrected chi connectivity index (χ0v) is 10.6. The highest BCUT2D eigenvalue weighted by molar-refractivity contribution is 7.92. The van der Waals surface area contributed by atoms with Crippen LogP contribution in [0.25, 0.3) is 0 Å². The summed E-state index contributed by atoms with van der Waals surface area (Å²) in [5.41, 5.74) is 0. The third kappa shape index (κ3) is 2.63. The van der Waals surface area contributed by atoms with Crippen LogP contribution in [0.3, 0.4) is 0 Å². The van der Waals surface area contributed by atoms with Crippen molar-refractivity contribution in [2.24, 2.45) is 0 Å². The van der Waals surface area contributed by atoms with Crippen molar-refractivity contribution in [3.05, 3.63) is 17.5 Å². The summed E-state index contributed by atoms with van der Waals surface area (Å²) in [6, 6.07) is 1.29. The number of hydrogen-bond acceptors (Lipinski definition) is 5. The summed E-state index contributed by atoms with van der Waals surface area (Å²) in [5, 5.41) is 2.77. The van der Waals surface area contributed by atoms with E-state index in [4.69, 9.17) is 11.6 Å². The molecule has 1 saturated heterocycles. The zero-order valence-electron chi connectivity index (χ0n) is 8.26. The van der Waals surface area contributed by atoms with Crippen molar-refractivity contribution in [1.82, 2.24) is 15.3 Å². The first-order valence-electron chi connectivity index (χ1n) is 4.53. The molecule has 1 N–H and O–H groups in total. The van der Waals surface area contributed by atoms with Crippen molar-refractivity contribution in [1.29, 1.82) is 0 Å². The number of sulfone groups is 1. The topological polar surface area (TPSA) is 72.0 Å². The Morgan fingerprint density at radius 3 is 2.75 bits per heavy atom. The van der Waals surface area contributed by atoms with Gasteiger partial charge in [0, 0.05) is 12.6 Å². The largest absolute Gasteiger partial charge is 0.315 e. The molecule has 0 saturated carbocycles. The Balaban J connectivity index is 0.00000128. The molecule has 1 aliphatic rings. The molecule has 0 radical (unpaired) electrons. The third-order valence-corrected chi connectivity index (χ3v) is 4.65. The Hall–Kier alpha value is -0.430. The molecule has 1 atom stereocenters. The predicted molar refractivity (Wildman–Crippen MR) is 62.8 cm³/mol. The number of nitrogens with zero attached hydrogens (tertiary/aromatic N) is 2. The molecule has 2 rings (SSSR count). The van der Waals surface area contributed by atoms with Crippen molar-refractivity contribution in [3.8, 4) is 0 Å². The van der Waals surface area contributed by atoms with Crippen molar-refractivity contribution in [2.45, 2.75) is 16.7 Å². The maximum Gasteiger partial charge on any atom is 0.199 e. The van der Waals surface area contributed by atoms with Gasteiger partial charge in [0.15, 0.2) is 14.9 Å². The number of nitrogens with one attached hydrogen (secondary N) is 1. The lowest BCUT2D eigenvalue weighted by Crippen LogP contribution is -2.24. The highest BCUT2D eigenvalue weighted by atomic mass is 35.5. The van der Waals surface area contributed by atoms with Gasteiger partial charge in [0.2, 0.25) is 0 Å². The molecular weight excluding hydrogens is 273 g/mol.